The van der Waals surface area contributed by atoms with E-state index in [4.69, 9.17) is 0 Å². The van der Waals surface area contributed by atoms with Gasteiger partial charge in [-0.25, -0.2) is 0 Å². The molecule has 6 heteroatoms. The van der Waals surface area contributed by atoms with E-state index in [1.54, 1.807) is 24.3 Å². The molecule has 2 rings (SSSR count). The Morgan fingerprint density at radius 2 is 1.95 bits per heavy atom. The Balaban J connectivity index is 2.66. The van der Waals surface area contributed by atoms with Crippen molar-refractivity contribution in [3.63, 3.8) is 0 Å². The largest absolute Gasteiger partial charge is 0.355 e. The number of hydrogen-bond acceptors (Lipinski definition) is 4. The number of nitro benzene ring substituents is 1. The van der Waals surface area contributed by atoms with Crippen molar-refractivity contribution in [3.8, 4) is 17.2 Å². The van der Waals surface area contributed by atoms with E-state index in [9.17, 15) is 20.2 Å². The maximum absolute atomic E-state index is 11.9. The second-order valence-electron chi connectivity index (χ2n) is 4.22. The van der Waals surface area contributed by atoms with Crippen LogP contribution in [-0.4, -0.2) is 17.9 Å². The van der Waals surface area contributed by atoms with Crippen LogP contribution in [0.1, 0.15) is 15.9 Å². The molecule has 0 aliphatic heterocycles. The predicted molar refractivity (Wildman–Crippen MR) is 76.6 cm³/mol. The van der Waals surface area contributed by atoms with Gasteiger partial charge in [0.1, 0.15) is 6.07 Å². The minimum absolute atomic E-state index is 0.153. The number of hydrogen-bond donors (Lipinski definition) is 1. The minimum Gasteiger partial charge on any atom is -0.355 e. The fraction of sp³-hybridized carbons (Fsp3) is 0.0667. The summed E-state index contributed by atoms with van der Waals surface area (Å²) < 4.78 is 0. The molecule has 0 radical (unpaired) electrons. The molecule has 0 saturated heterocycles. The number of carbonyl (C=O) groups is 1. The van der Waals surface area contributed by atoms with Crippen molar-refractivity contribution < 1.29 is 9.72 Å². The van der Waals surface area contributed by atoms with E-state index in [1.165, 1.54) is 25.2 Å². The Hall–Kier alpha value is -3.20. The lowest BCUT2D eigenvalue weighted by atomic mass is 9.95. The van der Waals surface area contributed by atoms with Gasteiger partial charge in [-0.1, -0.05) is 18.2 Å². The average Bonchev–Trinajstić information content (AvgIpc) is 2.53. The zero-order valence-corrected chi connectivity index (χ0v) is 11.2. The van der Waals surface area contributed by atoms with Crippen LogP contribution in [0.25, 0.3) is 11.1 Å². The van der Waals surface area contributed by atoms with Crippen LogP contribution >= 0.6 is 0 Å². The maximum Gasteiger partial charge on any atom is 0.270 e. The van der Waals surface area contributed by atoms with Crippen LogP contribution in [0.2, 0.25) is 0 Å². The number of nitrogens with one attached hydrogen (secondary N) is 1. The highest BCUT2D eigenvalue weighted by atomic mass is 16.6. The first-order valence-corrected chi connectivity index (χ1v) is 6.08. The molecular weight excluding hydrogens is 270 g/mol. The Morgan fingerprint density at radius 1 is 1.24 bits per heavy atom. The average molecular weight is 281 g/mol. The summed E-state index contributed by atoms with van der Waals surface area (Å²) in [6.07, 6.45) is 0. The number of rotatable bonds is 3. The molecule has 2 aromatic carbocycles. The van der Waals surface area contributed by atoms with Gasteiger partial charge in [-0.05, 0) is 17.7 Å². The number of carbonyl (C=O) groups excluding carboxylic acids is 1. The Labute approximate surface area is 120 Å². The summed E-state index contributed by atoms with van der Waals surface area (Å²) in [5.41, 5.74) is 1.45. The third-order valence-corrected chi connectivity index (χ3v) is 3.02. The zero-order valence-electron chi connectivity index (χ0n) is 11.2. The number of nitrogens with zero attached hydrogens (tertiary/aromatic N) is 2. The monoisotopic (exact) mass is 281 g/mol. The highest BCUT2D eigenvalue weighted by Crippen LogP contribution is 2.29. The molecule has 0 fully saturated rings. The van der Waals surface area contributed by atoms with Crippen molar-refractivity contribution in [3.05, 3.63) is 63.7 Å². The van der Waals surface area contributed by atoms with E-state index in [0.717, 1.165) is 0 Å². The van der Waals surface area contributed by atoms with E-state index in [1.807, 2.05) is 6.07 Å². The van der Waals surface area contributed by atoms with Gasteiger partial charge in [-0.2, -0.15) is 5.26 Å². The quantitative estimate of drug-likeness (QED) is 0.690. The van der Waals surface area contributed by atoms with Crippen LogP contribution in [0.15, 0.2) is 42.5 Å². The van der Waals surface area contributed by atoms with Gasteiger partial charge in [0.15, 0.2) is 0 Å². The Morgan fingerprint density at radius 3 is 2.57 bits per heavy atom. The lowest BCUT2D eigenvalue weighted by Crippen LogP contribution is -2.18. The molecule has 1 N–H and O–H groups in total. The molecule has 0 spiro atoms. The third kappa shape index (κ3) is 2.72. The van der Waals surface area contributed by atoms with Gasteiger partial charge in [0.05, 0.1) is 10.5 Å². The topological polar surface area (TPSA) is 96.0 Å². The molecule has 6 nitrogen and oxygen atoms in total. The Kier molecular flexibility index (Phi) is 3.95. The molecule has 0 saturated carbocycles. The summed E-state index contributed by atoms with van der Waals surface area (Å²) in [4.78, 5) is 22.1. The fourth-order valence-corrected chi connectivity index (χ4v) is 2.02. The van der Waals surface area contributed by atoms with Crippen LogP contribution in [0.5, 0.6) is 0 Å². The van der Waals surface area contributed by atoms with Crippen molar-refractivity contribution >= 4 is 11.6 Å². The molecule has 104 valence electrons. The van der Waals surface area contributed by atoms with E-state index < -0.39 is 4.92 Å². The molecule has 0 heterocycles. The highest BCUT2D eigenvalue weighted by Gasteiger charge is 2.16. The molecular formula is C15H11N3O3. The fourth-order valence-electron chi connectivity index (χ4n) is 2.02. The van der Waals surface area contributed by atoms with Crippen molar-refractivity contribution in [1.29, 1.82) is 5.26 Å². The van der Waals surface area contributed by atoms with Crippen molar-refractivity contribution in [2.75, 3.05) is 7.05 Å². The van der Waals surface area contributed by atoms with Crippen LogP contribution < -0.4 is 5.32 Å². The lowest BCUT2D eigenvalue weighted by molar-refractivity contribution is -0.384. The first kappa shape index (κ1) is 14.2. The molecule has 0 aliphatic rings. The number of nitro groups is 1. The lowest BCUT2D eigenvalue weighted by Gasteiger charge is -2.09. The molecule has 2 aromatic rings. The molecule has 21 heavy (non-hydrogen) atoms. The minimum atomic E-state index is -0.560. The van der Waals surface area contributed by atoms with Gasteiger partial charge in [0.2, 0.25) is 0 Å². The van der Waals surface area contributed by atoms with E-state index >= 15 is 0 Å². The summed E-state index contributed by atoms with van der Waals surface area (Å²) in [6, 6.07) is 12.7. The molecule has 1 amide bonds. The second kappa shape index (κ2) is 5.84. The maximum atomic E-state index is 11.9. The van der Waals surface area contributed by atoms with Gasteiger partial charge >= 0.3 is 0 Å². The summed E-state index contributed by atoms with van der Waals surface area (Å²) in [5, 5.41) is 22.5. The van der Waals surface area contributed by atoms with Gasteiger partial charge in [-0.3, -0.25) is 14.9 Å². The summed E-state index contributed by atoms with van der Waals surface area (Å²) in [7, 11) is 1.51. The smallest absolute Gasteiger partial charge is 0.270 e. The van der Waals surface area contributed by atoms with Gasteiger partial charge in [-0.15, -0.1) is 0 Å². The molecule has 0 bridgehead atoms. The van der Waals surface area contributed by atoms with Gasteiger partial charge in [0.25, 0.3) is 11.6 Å². The predicted octanol–water partition coefficient (Wildman–Crippen LogP) is 2.49. The highest BCUT2D eigenvalue weighted by molar-refractivity contribution is 6.01. The molecule has 0 aliphatic carbocycles. The number of benzene rings is 2. The van der Waals surface area contributed by atoms with Gasteiger partial charge < -0.3 is 5.32 Å². The number of amides is 1. The van der Waals surface area contributed by atoms with E-state index in [2.05, 4.69) is 5.32 Å². The van der Waals surface area contributed by atoms with Crippen LogP contribution in [0, 0.1) is 21.4 Å². The number of non-ortho nitro benzene ring substituents is 1. The van der Waals surface area contributed by atoms with E-state index in [0.29, 0.717) is 16.7 Å². The zero-order chi connectivity index (χ0) is 15.4. The summed E-state index contributed by atoms with van der Waals surface area (Å²) >= 11 is 0. The van der Waals surface area contributed by atoms with Crippen molar-refractivity contribution in [2.45, 2.75) is 0 Å². The Bertz CT molecular complexity index is 763. The number of nitriles is 1. The third-order valence-electron chi connectivity index (χ3n) is 3.02. The molecule has 0 unspecified atom stereocenters. The first-order valence-electron chi connectivity index (χ1n) is 6.08. The van der Waals surface area contributed by atoms with Crippen LogP contribution in [0.4, 0.5) is 5.69 Å². The van der Waals surface area contributed by atoms with Crippen LogP contribution in [-0.2, 0) is 0 Å². The second-order valence-corrected chi connectivity index (χ2v) is 4.22. The summed E-state index contributed by atoms with van der Waals surface area (Å²) in [6.45, 7) is 0. The van der Waals surface area contributed by atoms with Gasteiger partial charge in [0, 0.05) is 30.3 Å². The molecule has 0 atom stereocenters. The summed E-state index contributed by atoms with van der Waals surface area (Å²) in [5.74, 6) is -0.284. The standard InChI is InChI=1S/C15H11N3O3/c1-17-15(19)14-5-3-2-4-13(14)12-7-6-11(18(20)21)8-10(12)9-16/h2-8H,1H3,(H,17,19). The SMILES string of the molecule is CNC(=O)c1ccccc1-c1ccc([N+](=O)[O-])cc1C#N. The van der Waals surface area contributed by atoms with Crippen LogP contribution in [0.3, 0.4) is 0 Å². The first-order chi connectivity index (χ1) is 10.1. The van der Waals surface area contributed by atoms with E-state index in [-0.39, 0.29) is 17.2 Å². The van der Waals surface area contributed by atoms with Crippen molar-refractivity contribution in [1.82, 2.24) is 5.32 Å². The van der Waals surface area contributed by atoms with Crippen molar-refractivity contribution in [2.24, 2.45) is 0 Å². The molecule has 0 aromatic heterocycles. The normalized spacial score (nSPS) is 9.71.